The minimum atomic E-state index is -1.43. The van der Waals surface area contributed by atoms with Gasteiger partial charge in [-0.1, -0.05) is 41.9 Å². The molecule has 0 heterocycles. The second kappa shape index (κ2) is 4.61. The number of carboxylic acids is 1. The number of carboxylic acid groups (broad SMARTS) is 1. The molecular formula is C10H8ClNO3. The second-order valence-electron chi connectivity index (χ2n) is 2.72. The number of hydrogen-bond acceptors (Lipinski definition) is 3. The molecule has 0 unspecified atom stereocenters. The van der Waals surface area contributed by atoms with Crippen molar-refractivity contribution in [1.82, 2.24) is 0 Å². The molecule has 1 aromatic carbocycles. The number of nitrogens with two attached hydrogens (primary N) is 1. The van der Waals surface area contributed by atoms with Gasteiger partial charge in [0.2, 0.25) is 5.78 Å². The summed E-state index contributed by atoms with van der Waals surface area (Å²) in [5.41, 5.74) is 4.75. The lowest BCUT2D eigenvalue weighted by Crippen LogP contribution is -2.16. The molecule has 0 spiro atoms. The molecule has 0 bridgehead atoms. The second-order valence-corrected chi connectivity index (χ2v) is 3.13. The fourth-order valence-electron chi connectivity index (χ4n) is 1.04. The third-order valence-electron chi connectivity index (χ3n) is 1.72. The molecule has 0 fully saturated rings. The van der Waals surface area contributed by atoms with E-state index in [1.165, 1.54) is 12.1 Å². The molecule has 78 valence electrons. The zero-order valence-corrected chi connectivity index (χ0v) is 8.36. The highest BCUT2D eigenvalue weighted by atomic mass is 35.5. The van der Waals surface area contributed by atoms with Crippen molar-refractivity contribution in [2.45, 2.75) is 0 Å². The minimum Gasteiger partial charge on any atom is -0.477 e. The number of ketones is 1. The first-order chi connectivity index (χ1) is 7.04. The van der Waals surface area contributed by atoms with Crippen molar-refractivity contribution < 1.29 is 14.7 Å². The molecule has 0 aliphatic rings. The Balaban J connectivity index is 3.15. The Morgan fingerprint density at radius 3 is 2.13 bits per heavy atom. The van der Waals surface area contributed by atoms with Gasteiger partial charge in [-0.2, -0.15) is 0 Å². The van der Waals surface area contributed by atoms with E-state index >= 15 is 0 Å². The lowest BCUT2D eigenvalue weighted by atomic mass is 10.0. The Morgan fingerprint density at radius 2 is 1.73 bits per heavy atom. The quantitative estimate of drug-likeness (QED) is 0.268. The SMILES string of the molecule is NC(Cl)=C(C(=O)O)C(=O)c1ccccc1. The van der Waals surface area contributed by atoms with Crippen molar-refractivity contribution in [3.05, 3.63) is 46.6 Å². The molecule has 0 amide bonds. The molecular weight excluding hydrogens is 218 g/mol. The van der Waals surface area contributed by atoms with Gasteiger partial charge in [0.15, 0.2) is 0 Å². The van der Waals surface area contributed by atoms with E-state index in [1.54, 1.807) is 18.2 Å². The zero-order chi connectivity index (χ0) is 11.4. The monoisotopic (exact) mass is 225 g/mol. The van der Waals surface area contributed by atoms with E-state index in [0.717, 1.165) is 0 Å². The summed E-state index contributed by atoms with van der Waals surface area (Å²) in [4.78, 5) is 22.3. The smallest absolute Gasteiger partial charge is 0.342 e. The number of Topliss-reactive ketones (excluding diaryl/α,β-unsaturated/α-hetero) is 1. The molecule has 0 radical (unpaired) electrons. The number of carbonyl (C=O) groups is 2. The molecule has 0 aliphatic heterocycles. The third-order valence-corrected chi connectivity index (χ3v) is 1.90. The Morgan fingerprint density at radius 1 is 1.20 bits per heavy atom. The van der Waals surface area contributed by atoms with Crippen LogP contribution in [-0.4, -0.2) is 16.9 Å². The van der Waals surface area contributed by atoms with Crippen molar-refractivity contribution in [1.29, 1.82) is 0 Å². The van der Waals surface area contributed by atoms with Crippen molar-refractivity contribution in [3.8, 4) is 0 Å². The predicted octanol–water partition coefficient (Wildman–Crippen LogP) is 1.36. The molecule has 0 atom stereocenters. The molecule has 4 nitrogen and oxygen atoms in total. The van der Waals surface area contributed by atoms with Crippen LogP contribution in [0.5, 0.6) is 0 Å². The van der Waals surface area contributed by atoms with E-state index in [9.17, 15) is 9.59 Å². The van der Waals surface area contributed by atoms with Crippen molar-refractivity contribution in [3.63, 3.8) is 0 Å². The standard InChI is InChI=1S/C10H8ClNO3/c11-9(12)7(10(14)15)8(13)6-4-2-1-3-5-6/h1-5H,12H2,(H,14,15). The van der Waals surface area contributed by atoms with Gasteiger partial charge >= 0.3 is 5.97 Å². The van der Waals surface area contributed by atoms with E-state index in [-0.39, 0.29) is 5.56 Å². The van der Waals surface area contributed by atoms with Crippen LogP contribution in [0.1, 0.15) is 10.4 Å². The molecule has 0 aromatic heterocycles. The Labute approximate surface area is 91.0 Å². The summed E-state index contributed by atoms with van der Waals surface area (Å²) in [6, 6.07) is 7.94. The number of aliphatic carboxylic acids is 1. The number of halogens is 1. The Kier molecular flexibility index (Phi) is 3.46. The molecule has 5 heteroatoms. The summed E-state index contributed by atoms with van der Waals surface area (Å²) in [6.45, 7) is 0. The van der Waals surface area contributed by atoms with Gasteiger partial charge in [0, 0.05) is 5.56 Å². The summed E-state index contributed by atoms with van der Waals surface area (Å²) in [5.74, 6) is -2.13. The van der Waals surface area contributed by atoms with Crippen molar-refractivity contribution >= 4 is 23.4 Å². The highest BCUT2D eigenvalue weighted by Crippen LogP contribution is 2.12. The van der Waals surface area contributed by atoms with Crippen molar-refractivity contribution in [2.24, 2.45) is 5.73 Å². The first kappa shape index (κ1) is 11.3. The van der Waals surface area contributed by atoms with E-state index in [0.29, 0.717) is 0 Å². The number of rotatable bonds is 3. The van der Waals surface area contributed by atoms with Crippen LogP contribution in [0.4, 0.5) is 0 Å². The minimum absolute atomic E-state index is 0.235. The lowest BCUT2D eigenvalue weighted by molar-refractivity contribution is -0.132. The zero-order valence-electron chi connectivity index (χ0n) is 7.61. The van der Waals surface area contributed by atoms with Gasteiger partial charge in [-0.15, -0.1) is 0 Å². The fourth-order valence-corrected chi connectivity index (χ4v) is 1.21. The predicted molar refractivity (Wildman–Crippen MR) is 55.5 cm³/mol. The van der Waals surface area contributed by atoms with Crippen LogP contribution < -0.4 is 5.73 Å². The number of hydrogen-bond donors (Lipinski definition) is 2. The number of carbonyl (C=O) groups excluding carboxylic acids is 1. The molecule has 0 saturated heterocycles. The van der Waals surface area contributed by atoms with Gasteiger partial charge in [0.25, 0.3) is 0 Å². The molecule has 0 aliphatic carbocycles. The van der Waals surface area contributed by atoms with E-state index in [2.05, 4.69) is 0 Å². The van der Waals surface area contributed by atoms with Gasteiger partial charge in [-0.25, -0.2) is 4.79 Å². The molecule has 1 aromatic rings. The van der Waals surface area contributed by atoms with Gasteiger partial charge in [-0.05, 0) is 0 Å². The van der Waals surface area contributed by atoms with Crippen LogP contribution in [0.3, 0.4) is 0 Å². The third kappa shape index (κ3) is 2.57. The fraction of sp³-hybridized carbons (Fsp3) is 0. The maximum Gasteiger partial charge on any atom is 0.342 e. The highest BCUT2D eigenvalue weighted by molar-refractivity contribution is 6.37. The van der Waals surface area contributed by atoms with E-state index < -0.39 is 22.5 Å². The largest absolute Gasteiger partial charge is 0.477 e. The van der Waals surface area contributed by atoms with Crippen LogP contribution in [-0.2, 0) is 4.79 Å². The van der Waals surface area contributed by atoms with Crippen LogP contribution in [0, 0.1) is 0 Å². The van der Waals surface area contributed by atoms with E-state index in [1.807, 2.05) is 0 Å². The van der Waals surface area contributed by atoms with Gasteiger partial charge in [-0.3, -0.25) is 4.79 Å². The maximum atomic E-state index is 11.6. The summed E-state index contributed by atoms with van der Waals surface area (Å²) in [7, 11) is 0. The van der Waals surface area contributed by atoms with Crippen LogP contribution >= 0.6 is 11.6 Å². The van der Waals surface area contributed by atoms with Crippen LogP contribution in [0.2, 0.25) is 0 Å². The van der Waals surface area contributed by atoms with Gasteiger partial charge in [0.1, 0.15) is 10.7 Å². The molecule has 15 heavy (non-hydrogen) atoms. The average molecular weight is 226 g/mol. The normalized spacial score (nSPS) is 11.8. The highest BCUT2D eigenvalue weighted by Gasteiger charge is 2.21. The summed E-state index contributed by atoms with van der Waals surface area (Å²) < 4.78 is 0. The molecule has 3 N–H and O–H groups in total. The van der Waals surface area contributed by atoms with E-state index in [4.69, 9.17) is 22.4 Å². The first-order valence-corrected chi connectivity index (χ1v) is 4.40. The maximum absolute atomic E-state index is 11.6. The summed E-state index contributed by atoms with van der Waals surface area (Å²) in [5, 5.41) is 8.21. The number of benzene rings is 1. The summed E-state index contributed by atoms with van der Waals surface area (Å²) >= 11 is 5.34. The first-order valence-electron chi connectivity index (χ1n) is 4.02. The lowest BCUT2D eigenvalue weighted by Gasteiger charge is -2.02. The average Bonchev–Trinajstić information content (AvgIpc) is 2.18. The van der Waals surface area contributed by atoms with Crippen molar-refractivity contribution in [2.75, 3.05) is 0 Å². The topological polar surface area (TPSA) is 80.4 Å². The van der Waals surface area contributed by atoms with Crippen LogP contribution in [0.15, 0.2) is 41.1 Å². The summed E-state index contributed by atoms with van der Waals surface area (Å²) in [6.07, 6.45) is 0. The Hall–Kier alpha value is -1.81. The van der Waals surface area contributed by atoms with Gasteiger partial charge in [0.05, 0.1) is 0 Å². The Bertz CT molecular complexity index is 422. The van der Waals surface area contributed by atoms with Crippen LogP contribution in [0.25, 0.3) is 0 Å². The molecule has 1 rings (SSSR count). The molecule has 0 saturated carbocycles. The van der Waals surface area contributed by atoms with Gasteiger partial charge < -0.3 is 10.8 Å².